The van der Waals surface area contributed by atoms with Crippen LogP contribution in [0.4, 0.5) is 0 Å². The first-order chi connectivity index (χ1) is 13.8. The number of rotatable bonds is 5. The van der Waals surface area contributed by atoms with Crippen LogP contribution >= 0.6 is 0 Å². The van der Waals surface area contributed by atoms with E-state index in [0.29, 0.717) is 17.4 Å². The van der Waals surface area contributed by atoms with Gasteiger partial charge in [0.25, 0.3) is 0 Å². The lowest BCUT2D eigenvalue weighted by atomic mass is 10.0. The third-order valence-corrected chi connectivity index (χ3v) is 4.53. The minimum absolute atomic E-state index is 0.162. The van der Waals surface area contributed by atoms with Crippen LogP contribution in [0.15, 0.2) is 66.7 Å². The predicted molar refractivity (Wildman–Crippen MR) is 113 cm³/mol. The molecule has 4 nitrogen and oxygen atoms in total. The van der Waals surface area contributed by atoms with Crippen LogP contribution in [0.2, 0.25) is 0 Å². The van der Waals surface area contributed by atoms with Crippen LogP contribution in [0.5, 0.6) is 11.5 Å². The van der Waals surface area contributed by atoms with Gasteiger partial charge in [-0.1, -0.05) is 44.2 Å². The molecule has 148 valence electrons. The number of hydrogen-bond donors (Lipinski definition) is 0. The third kappa shape index (κ3) is 5.11. The fraction of sp³-hybridized carbons (Fsp3) is 0.200. The van der Waals surface area contributed by atoms with Crippen molar-refractivity contribution in [2.45, 2.75) is 33.6 Å². The topological polar surface area (TPSA) is 52.6 Å². The Morgan fingerprint density at radius 2 is 1.17 bits per heavy atom. The number of aryl methyl sites for hydroxylation is 2. The molecule has 0 bridgehead atoms. The van der Waals surface area contributed by atoms with Gasteiger partial charge in [0.1, 0.15) is 11.5 Å². The van der Waals surface area contributed by atoms with Crippen molar-refractivity contribution in [3.05, 3.63) is 94.5 Å². The Bertz CT molecular complexity index is 1010. The van der Waals surface area contributed by atoms with Gasteiger partial charge < -0.3 is 9.47 Å². The highest BCUT2D eigenvalue weighted by Crippen LogP contribution is 2.22. The molecule has 0 spiro atoms. The Kier molecular flexibility index (Phi) is 6.13. The van der Waals surface area contributed by atoms with Gasteiger partial charge in [0, 0.05) is 0 Å². The Labute approximate surface area is 171 Å². The van der Waals surface area contributed by atoms with Gasteiger partial charge in [-0.05, 0) is 72.9 Å². The number of ether oxygens (including phenoxy) is 2. The molecule has 0 fully saturated rings. The summed E-state index contributed by atoms with van der Waals surface area (Å²) < 4.78 is 11.0. The van der Waals surface area contributed by atoms with Crippen molar-refractivity contribution in [3.8, 4) is 11.5 Å². The van der Waals surface area contributed by atoms with Gasteiger partial charge >= 0.3 is 11.9 Å². The number of carbonyl (C=O) groups excluding carboxylic acids is 2. The zero-order chi connectivity index (χ0) is 21.0. The summed E-state index contributed by atoms with van der Waals surface area (Å²) in [7, 11) is 0. The molecule has 3 aromatic carbocycles. The zero-order valence-corrected chi connectivity index (χ0v) is 17.1. The second-order valence-corrected chi connectivity index (χ2v) is 7.37. The second-order valence-electron chi connectivity index (χ2n) is 7.37. The normalized spacial score (nSPS) is 10.7. The fourth-order valence-electron chi connectivity index (χ4n) is 3.08. The molecule has 0 amide bonds. The second kappa shape index (κ2) is 8.74. The molecule has 0 aromatic heterocycles. The monoisotopic (exact) mass is 388 g/mol. The molecule has 3 aromatic rings. The molecule has 0 unspecified atom stereocenters. The van der Waals surface area contributed by atoms with Crippen LogP contribution in [0.25, 0.3) is 0 Å². The average Bonchev–Trinajstić information content (AvgIpc) is 2.67. The highest BCUT2D eigenvalue weighted by molar-refractivity contribution is 6.04. The highest BCUT2D eigenvalue weighted by Gasteiger charge is 2.20. The summed E-state index contributed by atoms with van der Waals surface area (Å²) in [5.41, 5.74) is 3.46. The van der Waals surface area contributed by atoms with Crippen LogP contribution in [0.3, 0.4) is 0 Å². The maximum Gasteiger partial charge on any atom is 0.344 e. The van der Waals surface area contributed by atoms with Crippen LogP contribution in [-0.2, 0) is 0 Å². The Balaban J connectivity index is 1.80. The molecule has 0 N–H and O–H groups in total. The first-order valence-electron chi connectivity index (χ1n) is 9.55. The SMILES string of the molecule is Cc1cc(C)cc(OC(=O)c2ccccc2C(=O)Oc2ccc(C(C)C)cc2)c1. The van der Waals surface area contributed by atoms with E-state index in [-0.39, 0.29) is 11.1 Å². The van der Waals surface area contributed by atoms with Crippen molar-refractivity contribution in [3.63, 3.8) is 0 Å². The van der Waals surface area contributed by atoms with E-state index in [0.717, 1.165) is 16.7 Å². The predicted octanol–water partition coefficient (Wildman–Crippen LogP) is 5.87. The highest BCUT2D eigenvalue weighted by atomic mass is 16.5. The molecule has 0 aliphatic rings. The summed E-state index contributed by atoms with van der Waals surface area (Å²) in [5.74, 6) is 0.0605. The van der Waals surface area contributed by atoms with E-state index in [1.807, 2.05) is 32.0 Å². The third-order valence-electron chi connectivity index (χ3n) is 4.53. The molecule has 0 saturated carbocycles. The Morgan fingerprint density at radius 1 is 0.690 bits per heavy atom. The van der Waals surface area contributed by atoms with E-state index in [2.05, 4.69) is 13.8 Å². The van der Waals surface area contributed by atoms with Crippen LogP contribution < -0.4 is 9.47 Å². The van der Waals surface area contributed by atoms with Crippen molar-refractivity contribution in [1.82, 2.24) is 0 Å². The van der Waals surface area contributed by atoms with Crippen molar-refractivity contribution in [1.29, 1.82) is 0 Å². The minimum Gasteiger partial charge on any atom is -0.423 e. The molecule has 0 aliphatic heterocycles. The van der Waals surface area contributed by atoms with Gasteiger partial charge in [0.2, 0.25) is 0 Å². The van der Waals surface area contributed by atoms with Gasteiger partial charge in [-0.3, -0.25) is 0 Å². The van der Waals surface area contributed by atoms with E-state index in [1.54, 1.807) is 48.5 Å². The molecule has 0 heterocycles. The molecule has 4 heteroatoms. The van der Waals surface area contributed by atoms with Crippen LogP contribution in [-0.4, -0.2) is 11.9 Å². The fourth-order valence-corrected chi connectivity index (χ4v) is 3.08. The van der Waals surface area contributed by atoms with E-state index in [4.69, 9.17) is 9.47 Å². The molecular formula is C25H24O4. The summed E-state index contributed by atoms with van der Waals surface area (Å²) in [6.07, 6.45) is 0. The van der Waals surface area contributed by atoms with Crippen molar-refractivity contribution in [2.75, 3.05) is 0 Å². The largest absolute Gasteiger partial charge is 0.423 e. The zero-order valence-electron chi connectivity index (χ0n) is 17.1. The lowest BCUT2D eigenvalue weighted by Gasteiger charge is -2.11. The van der Waals surface area contributed by atoms with Gasteiger partial charge in [-0.25, -0.2) is 9.59 Å². The van der Waals surface area contributed by atoms with E-state index < -0.39 is 11.9 Å². The smallest absolute Gasteiger partial charge is 0.344 e. The first kappa shape index (κ1) is 20.3. The van der Waals surface area contributed by atoms with Crippen molar-refractivity contribution in [2.24, 2.45) is 0 Å². The van der Waals surface area contributed by atoms with E-state index >= 15 is 0 Å². The van der Waals surface area contributed by atoms with Gasteiger partial charge in [-0.15, -0.1) is 0 Å². The summed E-state index contributed by atoms with van der Waals surface area (Å²) in [6.45, 7) is 8.05. The number of benzene rings is 3. The lowest BCUT2D eigenvalue weighted by Crippen LogP contribution is -2.17. The molecule has 3 rings (SSSR count). The molecule has 0 radical (unpaired) electrons. The molecule has 0 aliphatic carbocycles. The number of esters is 2. The lowest BCUT2D eigenvalue weighted by molar-refractivity contribution is 0.0692. The maximum atomic E-state index is 12.7. The first-order valence-corrected chi connectivity index (χ1v) is 9.55. The number of carbonyl (C=O) groups is 2. The molecule has 29 heavy (non-hydrogen) atoms. The Morgan fingerprint density at radius 3 is 1.66 bits per heavy atom. The summed E-state index contributed by atoms with van der Waals surface area (Å²) in [5, 5.41) is 0. The van der Waals surface area contributed by atoms with E-state index in [1.165, 1.54) is 0 Å². The average molecular weight is 388 g/mol. The van der Waals surface area contributed by atoms with Gasteiger partial charge in [0.05, 0.1) is 11.1 Å². The summed E-state index contributed by atoms with van der Waals surface area (Å²) in [4.78, 5) is 25.4. The summed E-state index contributed by atoms with van der Waals surface area (Å²) in [6, 6.07) is 19.4. The van der Waals surface area contributed by atoms with Crippen molar-refractivity contribution < 1.29 is 19.1 Å². The van der Waals surface area contributed by atoms with Crippen LogP contribution in [0, 0.1) is 13.8 Å². The summed E-state index contributed by atoms with van der Waals surface area (Å²) >= 11 is 0. The van der Waals surface area contributed by atoms with Gasteiger partial charge in [0.15, 0.2) is 0 Å². The van der Waals surface area contributed by atoms with E-state index in [9.17, 15) is 9.59 Å². The molecule has 0 atom stereocenters. The standard InChI is InChI=1S/C25H24O4/c1-16(2)19-9-11-20(12-10-19)28-24(26)22-7-5-6-8-23(22)25(27)29-21-14-17(3)13-18(4)15-21/h5-16H,1-4H3. The molecular weight excluding hydrogens is 364 g/mol. The quantitative estimate of drug-likeness (QED) is 0.405. The van der Waals surface area contributed by atoms with Crippen LogP contribution in [0.1, 0.15) is 57.2 Å². The van der Waals surface area contributed by atoms with Crippen molar-refractivity contribution >= 4 is 11.9 Å². The molecule has 0 saturated heterocycles. The van der Waals surface area contributed by atoms with Gasteiger partial charge in [-0.2, -0.15) is 0 Å². The Hall–Kier alpha value is -3.40. The maximum absolute atomic E-state index is 12.7. The number of hydrogen-bond acceptors (Lipinski definition) is 4. The minimum atomic E-state index is -0.602.